The zero-order valence-corrected chi connectivity index (χ0v) is 21.2. The Balaban J connectivity index is 1.61. The summed E-state index contributed by atoms with van der Waals surface area (Å²) in [4.78, 5) is 12.9. The maximum absolute atomic E-state index is 12.9. The molecule has 1 aliphatic heterocycles. The SMILES string of the molecule is C=CCOC(=O)C1=C(C)Nc2nnnn2C1c1ccc(OCc2ccc(C(C)(C)C)cc2)c(OC)c1. The first-order valence-corrected chi connectivity index (χ1v) is 11.7. The van der Waals surface area contributed by atoms with Crippen LogP contribution < -0.4 is 14.8 Å². The largest absolute Gasteiger partial charge is 0.493 e. The summed E-state index contributed by atoms with van der Waals surface area (Å²) in [5, 5.41) is 14.9. The molecule has 3 aromatic rings. The third kappa shape index (κ3) is 5.10. The molecule has 0 radical (unpaired) electrons. The molecule has 0 spiro atoms. The van der Waals surface area contributed by atoms with Gasteiger partial charge >= 0.3 is 5.97 Å². The number of esters is 1. The molecule has 36 heavy (non-hydrogen) atoms. The van der Waals surface area contributed by atoms with Gasteiger partial charge in [-0.05, 0) is 51.6 Å². The summed E-state index contributed by atoms with van der Waals surface area (Å²) < 4.78 is 18.6. The van der Waals surface area contributed by atoms with Crippen LogP contribution in [0, 0.1) is 0 Å². The van der Waals surface area contributed by atoms with E-state index in [0.717, 1.165) is 11.1 Å². The van der Waals surface area contributed by atoms with E-state index in [0.29, 0.717) is 35.3 Å². The van der Waals surface area contributed by atoms with Crippen molar-refractivity contribution in [1.82, 2.24) is 20.2 Å². The smallest absolute Gasteiger partial charge is 0.338 e. The number of nitrogens with zero attached hydrogens (tertiary/aromatic N) is 4. The second-order valence-corrected chi connectivity index (χ2v) is 9.55. The molecule has 0 amide bonds. The number of aromatic nitrogens is 4. The fourth-order valence-corrected chi connectivity index (χ4v) is 4.03. The second-order valence-electron chi connectivity index (χ2n) is 9.55. The van der Waals surface area contributed by atoms with E-state index in [1.807, 2.05) is 18.2 Å². The van der Waals surface area contributed by atoms with Crippen LogP contribution in [0.25, 0.3) is 0 Å². The monoisotopic (exact) mass is 489 g/mol. The molecule has 188 valence electrons. The molecule has 0 bridgehead atoms. The molecule has 2 heterocycles. The number of carbonyl (C=O) groups excluding carboxylic acids is 1. The van der Waals surface area contributed by atoms with Gasteiger partial charge in [0.05, 0.1) is 12.7 Å². The quantitative estimate of drug-likeness (QED) is 0.363. The molecule has 4 rings (SSSR count). The first-order valence-electron chi connectivity index (χ1n) is 11.7. The number of fused-ring (bicyclic) bond motifs is 1. The van der Waals surface area contributed by atoms with Crippen molar-refractivity contribution in [1.29, 1.82) is 0 Å². The highest BCUT2D eigenvalue weighted by molar-refractivity contribution is 5.92. The van der Waals surface area contributed by atoms with Crippen molar-refractivity contribution < 1.29 is 19.0 Å². The number of methoxy groups -OCH3 is 1. The van der Waals surface area contributed by atoms with Crippen LogP contribution in [-0.4, -0.2) is 39.9 Å². The van der Waals surface area contributed by atoms with Crippen LogP contribution in [0.5, 0.6) is 11.5 Å². The summed E-state index contributed by atoms with van der Waals surface area (Å²) in [7, 11) is 1.58. The van der Waals surface area contributed by atoms with Crippen LogP contribution in [0.1, 0.15) is 50.4 Å². The van der Waals surface area contributed by atoms with Gasteiger partial charge in [0, 0.05) is 5.70 Å². The van der Waals surface area contributed by atoms with Crippen LogP contribution in [0.2, 0.25) is 0 Å². The summed E-state index contributed by atoms with van der Waals surface area (Å²) in [6.45, 7) is 12.4. The van der Waals surface area contributed by atoms with Gasteiger partial charge in [-0.15, -0.1) is 0 Å². The predicted octanol–water partition coefficient (Wildman–Crippen LogP) is 4.58. The number of anilines is 1. The average Bonchev–Trinajstić information content (AvgIpc) is 3.32. The van der Waals surface area contributed by atoms with Crippen LogP contribution in [0.4, 0.5) is 5.95 Å². The van der Waals surface area contributed by atoms with Crippen LogP contribution in [-0.2, 0) is 21.6 Å². The Morgan fingerprint density at radius 2 is 1.92 bits per heavy atom. The number of carbonyl (C=O) groups is 1. The van der Waals surface area contributed by atoms with Gasteiger partial charge in [-0.3, -0.25) is 0 Å². The first-order chi connectivity index (χ1) is 17.2. The molecule has 0 saturated carbocycles. The van der Waals surface area contributed by atoms with E-state index in [1.165, 1.54) is 11.6 Å². The van der Waals surface area contributed by atoms with E-state index < -0.39 is 12.0 Å². The molecule has 0 aliphatic carbocycles. The zero-order chi connectivity index (χ0) is 25.9. The maximum atomic E-state index is 12.9. The third-order valence-electron chi connectivity index (χ3n) is 5.98. The lowest BCUT2D eigenvalue weighted by molar-refractivity contribution is -0.138. The molecule has 0 fully saturated rings. The highest BCUT2D eigenvalue weighted by Crippen LogP contribution is 2.39. The zero-order valence-electron chi connectivity index (χ0n) is 21.2. The van der Waals surface area contributed by atoms with Gasteiger partial charge in [0.25, 0.3) is 0 Å². The molecule has 9 nitrogen and oxygen atoms in total. The Morgan fingerprint density at radius 1 is 1.17 bits per heavy atom. The summed E-state index contributed by atoms with van der Waals surface area (Å²) in [5.74, 6) is 1.06. The lowest BCUT2D eigenvalue weighted by Crippen LogP contribution is -2.29. The number of hydrogen-bond acceptors (Lipinski definition) is 8. The third-order valence-corrected chi connectivity index (χ3v) is 5.98. The van der Waals surface area contributed by atoms with Gasteiger partial charge in [0.15, 0.2) is 11.5 Å². The molecule has 0 saturated heterocycles. The van der Waals surface area contributed by atoms with E-state index in [-0.39, 0.29) is 12.0 Å². The normalized spacial score (nSPS) is 15.1. The molecule has 1 N–H and O–H groups in total. The maximum Gasteiger partial charge on any atom is 0.338 e. The number of benzene rings is 2. The van der Waals surface area contributed by atoms with Gasteiger partial charge in [-0.25, -0.2) is 4.79 Å². The van der Waals surface area contributed by atoms with Gasteiger partial charge < -0.3 is 19.5 Å². The van der Waals surface area contributed by atoms with Crippen molar-refractivity contribution in [3.05, 3.63) is 83.1 Å². The lowest BCUT2D eigenvalue weighted by atomic mass is 9.87. The number of nitrogens with one attached hydrogen (secondary N) is 1. The van der Waals surface area contributed by atoms with Crippen molar-refractivity contribution in [3.63, 3.8) is 0 Å². The Hall–Kier alpha value is -4.14. The van der Waals surface area contributed by atoms with E-state index in [1.54, 1.807) is 18.7 Å². The van der Waals surface area contributed by atoms with E-state index >= 15 is 0 Å². The number of ether oxygens (including phenoxy) is 3. The Bertz CT molecular complexity index is 1290. The molecule has 9 heteroatoms. The lowest BCUT2D eigenvalue weighted by Gasteiger charge is -2.27. The predicted molar refractivity (Wildman–Crippen MR) is 136 cm³/mol. The molecule has 1 atom stereocenters. The Labute approximate surface area is 210 Å². The Morgan fingerprint density at radius 3 is 2.58 bits per heavy atom. The van der Waals surface area contributed by atoms with Crippen molar-refractivity contribution in [2.24, 2.45) is 0 Å². The molecule has 1 unspecified atom stereocenters. The van der Waals surface area contributed by atoms with E-state index in [9.17, 15) is 4.79 Å². The summed E-state index contributed by atoms with van der Waals surface area (Å²) >= 11 is 0. The minimum absolute atomic E-state index is 0.0936. The summed E-state index contributed by atoms with van der Waals surface area (Å²) in [6, 6.07) is 13.3. The van der Waals surface area contributed by atoms with Crippen molar-refractivity contribution in [2.45, 2.75) is 45.8 Å². The number of allylic oxidation sites excluding steroid dienone is 1. The number of hydrogen-bond donors (Lipinski definition) is 1. The molecule has 2 aromatic carbocycles. The minimum atomic E-state index is -0.610. The summed E-state index contributed by atoms with van der Waals surface area (Å²) in [6.07, 6.45) is 1.52. The fourth-order valence-electron chi connectivity index (χ4n) is 4.03. The van der Waals surface area contributed by atoms with Crippen molar-refractivity contribution in [2.75, 3.05) is 19.0 Å². The van der Waals surface area contributed by atoms with E-state index in [2.05, 4.69) is 72.5 Å². The van der Waals surface area contributed by atoms with Crippen molar-refractivity contribution >= 4 is 11.9 Å². The topological polar surface area (TPSA) is 100 Å². The molecule has 1 aliphatic rings. The van der Waals surface area contributed by atoms with Crippen LogP contribution in [0.3, 0.4) is 0 Å². The van der Waals surface area contributed by atoms with E-state index in [4.69, 9.17) is 14.2 Å². The number of tetrazole rings is 1. The minimum Gasteiger partial charge on any atom is -0.493 e. The Kier molecular flexibility index (Phi) is 7.10. The van der Waals surface area contributed by atoms with Gasteiger partial charge in [-0.1, -0.05) is 68.9 Å². The van der Waals surface area contributed by atoms with Gasteiger partial charge in [0.1, 0.15) is 19.3 Å². The fraction of sp³-hybridized carbons (Fsp3) is 0.333. The molecular formula is C27H31N5O4. The molecule has 1 aromatic heterocycles. The van der Waals surface area contributed by atoms with Crippen molar-refractivity contribution in [3.8, 4) is 11.5 Å². The van der Waals surface area contributed by atoms with Crippen LogP contribution in [0.15, 0.2) is 66.4 Å². The van der Waals surface area contributed by atoms with Gasteiger partial charge in [0.2, 0.25) is 5.95 Å². The molecular weight excluding hydrogens is 458 g/mol. The highest BCUT2D eigenvalue weighted by Gasteiger charge is 2.35. The standard InChI is InChI=1S/C27H31N5O4/c1-7-14-35-25(33)23-17(2)28-26-29-30-31-32(26)24(23)19-10-13-21(22(15-19)34-6)36-16-18-8-11-20(12-9-18)27(3,4)5/h7-13,15,24H,1,14,16H2,2-6H3,(H,28,29,31). The second kappa shape index (κ2) is 10.2. The van der Waals surface area contributed by atoms with Gasteiger partial charge in [-0.2, -0.15) is 4.68 Å². The first kappa shape index (κ1) is 25.0. The van der Waals surface area contributed by atoms with Crippen LogP contribution >= 0.6 is 0 Å². The highest BCUT2D eigenvalue weighted by atomic mass is 16.5. The number of rotatable bonds is 8. The average molecular weight is 490 g/mol. The summed E-state index contributed by atoms with van der Waals surface area (Å²) in [5.41, 5.74) is 4.16.